The Hall–Kier alpha value is -1.83. The lowest BCUT2D eigenvalue weighted by molar-refractivity contribution is -0.121. The van der Waals surface area contributed by atoms with Crippen molar-refractivity contribution in [3.63, 3.8) is 0 Å². The summed E-state index contributed by atoms with van der Waals surface area (Å²) in [6.45, 7) is 9.75. The molecule has 0 aliphatic rings. The van der Waals surface area contributed by atoms with E-state index in [0.717, 1.165) is 16.8 Å². The van der Waals surface area contributed by atoms with E-state index in [9.17, 15) is 4.79 Å². The summed E-state index contributed by atoms with van der Waals surface area (Å²) in [6, 6.07) is 7.96. The molecule has 1 rings (SSSR count). The smallest absolute Gasteiger partial charge is 0.224 e. The number of carbonyl (C=O) groups is 1. The second kappa shape index (κ2) is 6.80. The maximum Gasteiger partial charge on any atom is 0.224 e. The van der Waals surface area contributed by atoms with Crippen molar-refractivity contribution < 1.29 is 4.79 Å². The van der Waals surface area contributed by atoms with Crippen LogP contribution in [-0.4, -0.2) is 5.91 Å². The summed E-state index contributed by atoms with van der Waals surface area (Å²) in [5.74, 6) is 0.438. The van der Waals surface area contributed by atoms with Gasteiger partial charge < -0.3 is 5.32 Å². The monoisotopic (exact) mass is 243 g/mol. The highest BCUT2D eigenvalue weighted by atomic mass is 16.1. The van der Waals surface area contributed by atoms with E-state index in [-0.39, 0.29) is 5.91 Å². The fourth-order valence-corrected chi connectivity index (χ4v) is 1.74. The van der Waals surface area contributed by atoms with Gasteiger partial charge in [-0.1, -0.05) is 50.8 Å². The van der Waals surface area contributed by atoms with Gasteiger partial charge in [0.05, 0.1) is 0 Å². The highest BCUT2D eigenvalue weighted by Gasteiger charge is 2.04. The van der Waals surface area contributed by atoms with E-state index in [1.165, 1.54) is 0 Å². The van der Waals surface area contributed by atoms with Crippen molar-refractivity contribution in [2.24, 2.45) is 5.92 Å². The molecule has 0 heterocycles. The molecule has 0 aromatic heterocycles. The van der Waals surface area contributed by atoms with Gasteiger partial charge in [0, 0.05) is 12.1 Å². The van der Waals surface area contributed by atoms with Crippen LogP contribution < -0.4 is 5.32 Å². The highest BCUT2D eigenvalue weighted by Crippen LogP contribution is 2.13. The van der Waals surface area contributed by atoms with Gasteiger partial charge in [-0.15, -0.1) is 0 Å². The molecule has 0 saturated heterocycles. The van der Waals surface area contributed by atoms with E-state index in [0.29, 0.717) is 12.3 Å². The van der Waals surface area contributed by atoms with Crippen molar-refractivity contribution in [1.82, 2.24) is 5.32 Å². The molecule has 0 unspecified atom stereocenters. The molecule has 96 valence electrons. The molecule has 1 aromatic carbocycles. The average molecular weight is 243 g/mol. The Bertz CT molecular complexity index is 458. The third kappa shape index (κ3) is 4.58. The van der Waals surface area contributed by atoms with Crippen LogP contribution in [0.2, 0.25) is 0 Å². The van der Waals surface area contributed by atoms with Crippen molar-refractivity contribution in [2.75, 3.05) is 0 Å². The summed E-state index contributed by atoms with van der Waals surface area (Å²) in [5, 5.41) is 2.90. The summed E-state index contributed by atoms with van der Waals surface area (Å²) in [6.07, 6.45) is 4.33. The molecule has 18 heavy (non-hydrogen) atoms. The summed E-state index contributed by atoms with van der Waals surface area (Å²) < 4.78 is 0. The van der Waals surface area contributed by atoms with Gasteiger partial charge in [0.25, 0.3) is 0 Å². The van der Waals surface area contributed by atoms with Crippen LogP contribution in [0, 0.1) is 5.92 Å². The number of benzene rings is 1. The van der Waals surface area contributed by atoms with E-state index in [1.807, 2.05) is 57.2 Å². The maximum absolute atomic E-state index is 11.6. The minimum absolute atomic E-state index is 0.0647. The molecular weight excluding hydrogens is 222 g/mol. The van der Waals surface area contributed by atoms with Gasteiger partial charge in [-0.3, -0.25) is 4.79 Å². The summed E-state index contributed by atoms with van der Waals surface area (Å²) in [4.78, 5) is 11.6. The minimum Gasteiger partial charge on any atom is -0.330 e. The standard InChI is InChI=1S/C16H21NO/c1-5-14-8-6-7-9-15(14)11-13(4)17-16(18)10-12(2)3/h5-9,11-12H,1,10H2,2-4H3,(H,17,18)/b13-11+. The van der Waals surface area contributed by atoms with Gasteiger partial charge in [0.15, 0.2) is 0 Å². The summed E-state index contributed by atoms with van der Waals surface area (Å²) >= 11 is 0. The molecule has 1 aromatic rings. The molecule has 0 bridgehead atoms. The van der Waals surface area contributed by atoms with E-state index < -0.39 is 0 Å². The number of amides is 1. The number of allylic oxidation sites excluding steroid dienone is 1. The van der Waals surface area contributed by atoms with E-state index >= 15 is 0 Å². The maximum atomic E-state index is 11.6. The van der Waals surface area contributed by atoms with Gasteiger partial charge in [-0.2, -0.15) is 0 Å². The second-order valence-electron chi connectivity index (χ2n) is 4.81. The zero-order valence-corrected chi connectivity index (χ0v) is 11.4. The molecule has 1 amide bonds. The van der Waals surface area contributed by atoms with Crippen molar-refractivity contribution in [1.29, 1.82) is 0 Å². The first kappa shape index (κ1) is 14.2. The molecule has 0 aliphatic carbocycles. The molecule has 0 saturated carbocycles. The highest BCUT2D eigenvalue weighted by molar-refractivity contribution is 5.79. The van der Waals surface area contributed by atoms with Crippen LogP contribution >= 0.6 is 0 Å². The van der Waals surface area contributed by atoms with Crippen LogP contribution in [0.1, 0.15) is 38.3 Å². The lowest BCUT2D eigenvalue weighted by Gasteiger charge is -2.08. The number of hydrogen-bond donors (Lipinski definition) is 1. The first-order chi connectivity index (χ1) is 8.52. The minimum atomic E-state index is 0.0647. The number of hydrogen-bond acceptors (Lipinski definition) is 1. The predicted molar refractivity (Wildman–Crippen MR) is 77.8 cm³/mol. The van der Waals surface area contributed by atoms with Gasteiger partial charge in [-0.05, 0) is 30.0 Å². The quantitative estimate of drug-likeness (QED) is 0.836. The van der Waals surface area contributed by atoms with Crippen molar-refractivity contribution in [2.45, 2.75) is 27.2 Å². The topological polar surface area (TPSA) is 29.1 Å². The number of nitrogens with one attached hydrogen (secondary N) is 1. The third-order valence-electron chi connectivity index (χ3n) is 2.52. The van der Waals surface area contributed by atoms with Crippen LogP contribution in [0.5, 0.6) is 0 Å². The van der Waals surface area contributed by atoms with Crippen LogP contribution in [0.25, 0.3) is 12.2 Å². The zero-order valence-electron chi connectivity index (χ0n) is 11.4. The SMILES string of the molecule is C=Cc1ccccc1/C=C(\C)NC(=O)CC(C)C. The Morgan fingerprint density at radius 2 is 1.94 bits per heavy atom. The van der Waals surface area contributed by atoms with Crippen molar-refractivity contribution >= 4 is 18.1 Å². The average Bonchev–Trinajstić information content (AvgIpc) is 2.28. The molecule has 0 atom stereocenters. The Morgan fingerprint density at radius 1 is 1.33 bits per heavy atom. The first-order valence-electron chi connectivity index (χ1n) is 6.22. The van der Waals surface area contributed by atoms with E-state index in [1.54, 1.807) is 0 Å². The molecule has 2 heteroatoms. The Kier molecular flexibility index (Phi) is 5.37. The largest absolute Gasteiger partial charge is 0.330 e. The third-order valence-corrected chi connectivity index (χ3v) is 2.52. The molecule has 0 radical (unpaired) electrons. The lowest BCUT2D eigenvalue weighted by Crippen LogP contribution is -2.22. The molecule has 0 fully saturated rings. The van der Waals surface area contributed by atoms with E-state index in [2.05, 4.69) is 11.9 Å². The summed E-state index contributed by atoms with van der Waals surface area (Å²) in [5.41, 5.74) is 2.99. The van der Waals surface area contributed by atoms with Crippen LogP contribution in [-0.2, 0) is 4.79 Å². The van der Waals surface area contributed by atoms with Crippen LogP contribution in [0.4, 0.5) is 0 Å². The molecule has 2 nitrogen and oxygen atoms in total. The number of rotatable bonds is 5. The Morgan fingerprint density at radius 3 is 2.50 bits per heavy atom. The lowest BCUT2D eigenvalue weighted by atomic mass is 10.1. The first-order valence-corrected chi connectivity index (χ1v) is 6.22. The zero-order chi connectivity index (χ0) is 13.5. The van der Waals surface area contributed by atoms with Crippen LogP contribution in [0.15, 0.2) is 36.5 Å². The molecular formula is C16H21NO. The predicted octanol–water partition coefficient (Wildman–Crippen LogP) is 3.85. The van der Waals surface area contributed by atoms with Crippen molar-refractivity contribution in [3.05, 3.63) is 47.7 Å². The Labute approximate surface area is 109 Å². The van der Waals surface area contributed by atoms with Gasteiger partial charge in [0.2, 0.25) is 5.91 Å². The Balaban J connectivity index is 2.76. The van der Waals surface area contributed by atoms with E-state index in [4.69, 9.17) is 0 Å². The molecule has 0 aliphatic heterocycles. The number of carbonyl (C=O) groups excluding carboxylic acids is 1. The fraction of sp³-hybridized carbons (Fsp3) is 0.312. The van der Waals surface area contributed by atoms with Crippen LogP contribution in [0.3, 0.4) is 0 Å². The van der Waals surface area contributed by atoms with Crippen molar-refractivity contribution in [3.8, 4) is 0 Å². The summed E-state index contributed by atoms with van der Waals surface area (Å²) in [7, 11) is 0. The fourth-order valence-electron chi connectivity index (χ4n) is 1.74. The van der Waals surface area contributed by atoms with Gasteiger partial charge in [-0.25, -0.2) is 0 Å². The molecule has 1 N–H and O–H groups in total. The van der Waals surface area contributed by atoms with Gasteiger partial charge in [0.1, 0.15) is 0 Å². The second-order valence-corrected chi connectivity index (χ2v) is 4.81. The van der Waals surface area contributed by atoms with Gasteiger partial charge >= 0.3 is 0 Å². The molecule has 0 spiro atoms. The normalized spacial score (nSPS) is 11.4.